The van der Waals surface area contributed by atoms with Crippen molar-refractivity contribution in [2.75, 3.05) is 6.54 Å². The summed E-state index contributed by atoms with van der Waals surface area (Å²) in [7, 11) is 1.77. The van der Waals surface area contributed by atoms with E-state index < -0.39 is 17.9 Å². The molecule has 1 atom stereocenters. The molecule has 1 heterocycles. The predicted octanol–water partition coefficient (Wildman–Crippen LogP) is 0.630. The van der Waals surface area contributed by atoms with Crippen molar-refractivity contribution in [2.45, 2.75) is 12.6 Å². The Morgan fingerprint density at radius 3 is 2.43 bits per heavy atom. The summed E-state index contributed by atoms with van der Waals surface area (Å²) in [6.45, 7) is 0.0492. The third-order valence-electron chi connectivity index (χ3n) is 3.35. The van der Waals surface area contributed by atoms with E-state index in [2.05, 4.69) is 10.6 Å². The minimum atomic E-state index is -0.899. The molecule has 23 heavy (non-hydrogen) atoms. The third-order valence-corrected chi connectivity index (χ3v) is 3.35. The fourth-order valence-corrected chi connectivity index (χ4v) is 2.06. The Hall–Kier alpha value is -2.67. The highest BCUT2D eigenvalue weighted by molar-refractivity contribution is 6.35. The maximum absolute atomic E-state index is 12.8. The standard InChI is InChI=1S/C16H18FN3O3/c1-20-8-2-3-13(20)14(21)10-19-16(23)15(22)18-9-11-4-6-12(17)7-5-11/h2-8,14,21H,9-10H2,1H3,(H,18,22)(H,19,23)/t14-/m1/s1. The molecule has 2 rings (SSSR count). The van der Waals surface area contributed by atoms with E-state index in [1.807, 2.05) is 0 Å². The van der Waals surface area contributed by atoms with E-state index in [0.717, 1.165) is 0 Å². The Labute approximate surface area is 132 Å². The number of nitrogens with zero attached hydrogens (tertiary/aromatic N) is 1. The number of hydrogen-bond donors (Lipinski definition) is 3. The van der Waals surface area contributed by atoms with Crippen LogP contribution in [0.1, 0.15) is 17.4 Å². The van der Waals surface area contributed by atoms with Crippen molar-refractivity contribution in [2.24, 2.45) is 7.05 Å². The number of aryl methyl sites for hydroxylation is 1. The number of benzene rings is 1. The van der Waals surface area contributed by atoms with Gasteiger partial charge >= 0.3 is 11.8 Å². The molecule has 0 radical (unpaired) electrons. The molecule has 122 valence electrons. The number of carbonyl (C=O) groups excluding carboxylic acids is 2. The molecule has 0 fully saturated rings. The number of aliphatic hydroxyl groups is 1. The summed E-state index contributed by atoms with van der Waals surface area (Å²) in [6.07, 6.45) is 0.874. The average molecular weight is 319 g/mol. The number of rotatable bonds is 5. The maximum Gasteiger partial charge on any atom is 0.309 e. The zero-order valence-electron chi connectivity index (χ0n) is 12.6. The van der Waals surface area contributed by atoms with Crippen LogP contribution in [0.4, 0.5) is 4.39 Å². The fourth-order valence-electron chi connectivity index (χ4n) is 2.06. The molecule has 1 aromatic carbocycles. The molecule has 6 nitrogen and oxygen atoms in total. The van der Waals surface area contributed by atoms with E-state index in [4.69, 9.17) is 0 Å². The first-order valence-corrected chi connectivity index (χ1v) is 7.07. The first-order valence-electron chi connectivity index (χ1n) is 7.07. The van der Waals surface area contributed by atoms with Crippen molar-refractivity contribution in [3.8, 4) is 0 Å². The Balaban J connectivity index is 1.77. The van der Waals surface area contributed by atoms with Crippen molar-refractivity contribution >= 4 is 11.8 Å². The number of aliphatic hydroxyl groups excluding tert-OH is 1. The summed E-state index contributed by atoms with van der Waals surface area (Å²) >= 11 is 0. The van der Waals surface area contributed by atoms with Crippen molar-refractivity contribution in [3.63, 3.8) is 0 Å². The Kier molecular flexibility index (Phi) is 5.48. The van der Waals surface area contributed by atoms with Crippen molar-refractivity contribution in [1.29, 1.82) is 0 Å². The molecule has 3 N–H and O–H groups in total. The molecule has 0 spiro atoms. The van der Waals surface area contributed by atoms with Gasteiger partial charge in [0.25, 0.3) is 0 Å². The molecule has 0 aliphatic rings. The van der Waals surface area contributed by atoms with E-state index in [9.17, 15) is 19.1 Å². The summed E-state index contributed by atoms with van der Waals surface area (Å²) in [5, 5.41) is 14.7. The lowest BCUT2D eigenvalue weighted by atomic mass is 10.2. The molecular formula is C16H18FN3O3. The molecule has 0 aliphatic heterocycles. The number of amides is 2. The molecule has 0 unspecified atom stereocenters. The molecule has 1 aromatic heterocycles. The second-order valence-electron chi connectivity index (χ2n) is 5.08. The van der Waals surface area contributed by atoms with Crippen molar-refractivity contribution in [3.05, 3.63) is 59.7 Å². The Bertz CT molecular complexity index is 682. The summed E-state index contributed by atoms with van der Waals surface area (Å²) < 4.78 is 14.5. The zero-order chi connectivity index (χ0) is 16.8. The summed E-state index contributed by atoms with van der Waals surface area (Å²) in [5.41, 5.74) is 1.31. The van der Waals surface area contributed by atoms with E-state index in [-0.39, 0.29) is 18.9 Å². The number of halogens is 1. The van der Waals surface area contributed by atoms with Crippen LogP contribution in [0.25, 0.3) is 0 Å². The van der Waals surface area contributed by atoms with Gasteiger partial charge in [0.05, 0.1) is 0 Å². The quantitative estimate of drug-likeness (QED) is 0.707. The number of aromatic nitrogens is 1. The summed E-state index contributed by atoms with van der Waals surface area (Å²) in [6, 6.07) is 9.09. The van der Waals surface area contributed by atoms with Gasteiger partial charge in [-0.25, -0.2) is 4.39 Å². The van der Waals surface area contributed by atoms with Crippen LogP contribution in [-0.4, -0.2) is 28.0 Å². The molecule has 0 saturated carbocycles. The van der Waals surface area contributed by atoms with Gasteiger partial charge in [-0.2, -0.15) is 0 Å². The van der Waals surface area contributed by atoms with Gasteiger partial charge in [-0.1, -0.05) is 12.1 Å². The predicted molar refractivity (Wildman–Crippen MR) is 81.6 cm³/mol. The van der Waals surface area contributed by atoms with Crippen molar-refractivity contribution in [1.82, 2.24) is 15.2 Å². The van der Waals surface area contributed by atoms with Crippen LogP contribution in [0.15, 0.2) is 42.6 Å². The molecule has 2 aromatic rings. The van der Waals surface area contributed by atoms with Gasteiger partial charge in [0.1, 0.15) is 11.9 Å². The van der Waals surface area contributed by atoms with Crippen LogP contribution in [0.2, 0.25) is 0 Å². The SMILES string of the molecule is Cn1cccc1[C@H](O)CNC(=O)C(=O)NCc1ccc(F)cc1. The number of nitrogens with one attached hydrogen (secondary N) is 2. The molecular weight excluding hydrogens is 301 g/mol. The highest BCUT2D eigenvalue weighted by Crippen LogP contribution is 2.11. The highest BCUT2D eigenvalue weighted by Gasteiger charge is 2.16. The van der Waals surface area contributed by atoms with Crippen LogP contribution < -0.4 is 10.6 Å². The zero-order valence-corrected chi connectivity index (χ0v) is 12.6. The lowest BCUT2D eigenvalue weighted by Crippen LogP contribution is -2.41. The van der Waals surface area contributed by atoms with Gasteiger partial charge in [0.15, 0.2) is 0 Å². The fraction of sp³-hybridized carbons (Fsp3) is 0.250. The Morgan fingerprint density at radius 2 is 1.83 bits per heavy atom. The minimum Gasteiger partial charge on any atom is -0.385 e. The monoisotopic (exact) mass is 319 g/mol. The van der Waals surface area contributed by atoms with Gasteiger partial charge in [-0.05, 0) is 29.8 Å². The highest BCUT2D eigenvalue weighted by atomic mass is 19.1. The van der Waals surface area contributed by atoms with E-state index in [1.54, 1.807) is 29.9 Å². The summed E-state index contributed by atoms with van der Waals surface area (Å²) in [4.78, 5) is 23.3. The Morgan fingerprint density at radius 1 is 1.17 bits per heavy atom. The van der Waals surface area contributed by atoms with Gasteiger partial charge in [-0.15, -0.1) is 0 Å². The second-order valence-corrected chi connectivity index (χ2v) is 5.08. The number of carbonyl (C=O) groups is 2. The molecule has 2 amide bonds. The van der Waals surface area contributed by atoms with Gasteiger partial charge in [-0.3, -0.25) is 9.59 Å². The molecule has 7 heteroatoms. The average Bonchev–Trinajstić information content (AvgIpc) is 2.97. The minimum absolute atomic E-state index is 0.0688. The lowest BCUT2D eigenvalue weighted by Gasteiger charge is -2.13. The normalized spacial score (nSPS) is 11.8. The third kappa shape index (κ3) is 4.65. The first-order chi connectivity index (χ1) is 11.0. The maximum atomic E-state index is 12.8. The van der Waals surface area contributed by atoms with Crippen molar-refractivity contribution < 1.29 is 19.1 Å². The van der Waals surface area contributed by atoms with Crippen LogP contribution >= 0.6 is 0 Å². The molecule has 0 bridgehead atoms. The lowest BCUT2D eigenvalue weighted by molar-refractivity contribution is -0.139. The van der Waals surface area contributed by atoms with Crippen LogP contribution in [0, 0.1) is 5.82 Å². The first kappa shape index (κ1) is 16.7. The topological polar surface area (TPSA) is 83.4 Å². The second kappa shape index (κ2) is 7.55. The smallest absolute Gasteiger partial charge is 0.309 e. The molecule has 0 saturated heterocycles. The van der Waals surface area contributed by atoms with E-state index >= 15 is 0 Å². The van der Waals surface area contributed by atoms with Crippen LogP contribution in [-0.2, 0) is 23.2 Å². The van der Waals surface area contributed by atoms with E-state index in [0.29, 0.717) is 11.3 Å². The largest absolute Gasteiger partial charge is 0.385 e. The van der Waals surface area contributed by atoms with Gasteiger partial charge < -0.3 is 20.3 Å². The van der Waals surface area contributed by atoms with E-state index in [1.165, 1.54) is 24.3 Å². The number of hydrogen-bond acceptors (Lipinski definition) is 3. The van der Waals surface area contributed by atoms with Crippen LogP contribution in [0.3, 0.4) is 0 Å². The van der Waals surface area contributed by atoms with Crippen LogP contribution in [0.5, 0.6) is 0 Å². The van der Waals surface area contributed by atoms with Gasteiger partial charge in [0.2, 0.25) is 0 Å². The molecule has 0 aliphatic carbocycles. The summed E-state index contributed by atoms with van der Waals surface area (Å²) in [5.74, 6) is -2.01. The van der Waals surface area contributed by atoms with Gasteiger partial charge in [0, 0.05) is 32.0 Å².